The summed E-state index contributed by atoms with van der Waals surface area (Å²) in [6.45, 7) is 4.00. The predicted octanol–water partition coefficient (Wildman–Crippen LogP) is 4.12. The van der Waals surface area contributed by atoms with Crippen molar-refractivity contribution >= 4 is 18.0 Å². The maximum atomic E-state index is 12.7. The van der Waals surface area contributed by atoms with E-state index in [0.717, 1.165) is 27.2 Å². The molecule has 35 heavy (non-hydrogen) atoms. The summed E-state index contributed by atoms with van der Waals surface area (Å²) in [7, 11) is 0. The van der Waals surface area contributed by atoms with E-state index in [1.54, 1.807) is 0 Å². The van der Waals surface area contributed by atoms with Crippen LogP contribution in [0.3, 0.4) is 0 Å². The highest BCUT2D eigenvalue weighted by Crippen LogP contribution is 2.44. The summed E-state index contributed by atoms with van der Waals surface area (Å²) < 4.78 is 5.59. The minimum absolute atomic E-state index is 0.0328. The molecule has 0 aliphatic heterocycles. The van der Waals surface area contributed by atoms with E-state index in [9.17, 15) is 14.4 Å². The van der Waals surface area contributed by atoms with Gasteiger partial charge in [0.05, 0.1) is 6.54 Å². The largest absolute Gasteiger partial charge is 0.480 e. The molecule has 0 heterocycles. The van der Waals surface area contributed by atoms with Crippen molar-refractivity contribution in [1.82, 2.24) is 10.2 Å². The first kappa shape index (κ1) is 25.8. The Labute approximate surface area is 206 Å². The zero-order chi connectivity index (χ0) is 25.4. The van der Waals surface area contributed by atoms with Crippen LogP contribution in [0.4, 0.5) is 4.79 Å². The Morgan fingerprint density at radius 1 is 1.09 bits per heavy atom. The first-order valence-electron chi connectivity index (χ1n) is 11.8. The minimum Gasteiger partial charge on any atom is -0.480 e. The number of hydrogen-bond acceptors (Lipinski definition) is 4. The molecule has 1 aliphatic carbocycles. The van der Waals surface area contributed by atoms with E-state index in [0.29, 0.717) is 6.42 Å². The molecule has 0 radical (unpaired) electrons. The number of nitrogens with one attached hydrogen (secondary N) is 1. The van der Waals surface area contributed by atoms with Gasteiger partial charge >= 0.3 is 12.1 Å². The van der Waals surface area contributed by atoms with Gasteiger partial charge in [-0.2, -0.15) is 0 Å². The molecule has 0 spiro atoms. The quantitative estimate of drug-likeness (QED) is 0.476. The van der Waals surface area contributed by atoms with Gasteiger partial charge in [-0.05, 0) is 40.5 Å². The second-order valence-corrected chi connectivity index (χ2v) is 9.25. The van der Waals surface area contributed by atoms with E-state index in [1.165, 1.54) is 0 Å². The molecular formula is C28H32N2O5. The fourth-order valence-corrected chi connectivity index (χ4v) is 4.66. The van der Waals surface area contributed by atoms with Gasteiger partial charge < -0.3 is 20.1 Å². The van der Waals surface area contributed by atoms with E-state index in [2.05, 4.69) is 35.5 Å². The minimum atomic E-state index is -1.12. The molecule has 0 aromatic heterocycles. The average Bonchev–Trinajstić information content (AvgIpc) is 3.14. The maximum Gasteiger partial charge on any atom is 0.407 e. The predicted molar refractivity (Wildman–Crippen MR) is 134 cm³/mol. The maximum absolute atomic E-state index is 12.7. The van der Waals surface area contributed by atoms with E-state index >= 15 is 0 Å². The zero-order valence-corrected chi connectivity index (χ0v) is 20.2. The molecular weight excluding hydrogens is 444 g/mol. The summed E-state index contributed by atoms with van der Waals surface area (Å²) in [5.41, 5.74) is 4.59. The summed E-state index contributed by atoms with van der Waals surface area (Å²) in [4.78, 5) is 37.4. The van der Waals surface area contributed by atoms with Crippen molar-refractivity contribution in [3.05, 3.63) is 59.7 Å². The number of carboxylic acid groups (broad SMARTS) is 1. The molecule has 2 aromatic rings. The lowest BCUT2D eigenvalue weighted by molar-refractivity contribution is -0.144. The Morgan fingerprint density at radius 2 is 1.69 bits per heavy atom. The lowest BCUT2D eigenvalue weighted by atomic mass is 9.93. The number of benzene rings is 2. The number of carbonyl (C=O) groups excluding carboxylic acids is 2. The molecule has 0 bridgehead atoms. The van der Waals surface area contributed by atoms with Crippen LogP contribution in [0, 0.1) is 24.2 Å². The average molecular weight is 477 g/mol. The molecule has 2 amide bonds. The summed E-state index contributed by atoms with van der Waals surface area (Å²) in [6.07, 6.45) is 5.53. The fraction of sp³-hybridized carbons (Fsp3) is 0.393. The molecule has 3 rings (SSSR count). The first-order chi connectivity index (χ1) is 16.8. The molecule has 1 unspecified atom stereocenters. The lowest BCUT2D eigenvalue weighted by Gasteiger charge is -2.23. The smallest absolute Gasteiger partial charge is 0.407 e. The molecule has 2 aromatic carbocycles. The van der Waals surface area contributed by atoms with Crippen LogP contribution in [0.5, 0.6) is 0 Å². The van der Waals surface area contributed by atoms with Gasteiger partial charge in [0.15, 0.2) is 0 Å². The molecule has 0 fully saturated rings. The van der Waals surface area contributed by atoms with Crippen molar-refractivity contribution in [2.45, 2.75) is 32.6 Å². The SMILES string of the molecule is C#CCN(CC(=O)O)C(=O)CC(CNC(=O)OCC1c2ccccc2-c2ccccc21)CC(C)C. The van der Waals surface area contributed by atoms with E-state index in [1.807, 2.05) is 38.1 Å². The normalized spacial score (nSPS) is 12.9. The number of carboxylic acids is 1. The second kappa shape index (κ2) is 12.1. The zero-order valence-electron chi connectivity index (χ0n) is 20.2. The van der Waals surface area contributed by atoms with Crippen LogP contribution in [0.15, 0.2) is 48.5 Å². The summed E-state index contributed by atoms with van der Waals surface area (Å²) in [5.74, 6) is 0.953. The number of ether oxygens (including phenoxy) is 1. The van der Waals surface area contributed by atoms with Gasteiger partial charge in [0, 0.05) is 18.9 Å². The Balaban J connectivity index is 1.58. The van der Waals surface area contributed by atoms with Crippen LogP contribution >= 0.6 is 0 Å². The number of terminal acetylenes is 1. The Kier molecular flexibility index (Phi) is 8.91. The Bertz CT molecular complexity index is 1060. The topological polar surface area (TPSA) is 95.9 Å². The van der Waals surface area contributed by atoms with Crippen molar-refractivity contribution in [1.29, 1.82) is 0 Å². The fourth-order valence-electron chi connectivity index (χ4n) is 4.66. The third-order valence-corrected chi connectivity index (χ3v) is 6.11. The highest BCUT2D eigenvalue weighted by atomic mass is 16.5. The molecule has 1 aliphatic rings. The molecule has 1 atom stereocenters. The summed E-state index contributed by atoms with van der Waals surface area (Å²) >= 11 is 0. The van der Waals surface area contributed by atoms with Crippen LogP contribution in [-0.2, 0) is 14.3 Å². The van der Waals surface area contributed by atoms with Gasteiger partial charge in [-0.15, -0.1) is 6.42 Å². The third-order valence-electron chi connectivity index (χ3n) is 6.11. The van der Waals surface area contributed by atoms with Gasteiger partial charge in [-0.3, -0.25) is 9.59 Å². The number of alkyl carbamates (subject to hydrolysis) is 1. The number of fused-ring (bicyclic) bond motifs is 3. The van der Waals surface area contributed by atoms with Crippen molar-refractivity contribution < 1.29 is 24.2 Å². The molecule has 0 saturated heterocycles. The van der Waals surface area contributed by atoms with Crippen LogP contribution in [-0.4, -0.2) is 54.2 Å². The lowest BCUT2D eigenvalue weighted by Crippen LogP contribution is -2.39. The van der Waals surface area contributed by atoms with Gasteiger partial charge in [-0.25, -0.2) is 4.79 Å². The number of amides is 2. The van der Waals surface area contributed by atoms with Gasteiger partial charge in [0.1, 0.15) is 13.2 Å². The molecule has 7 nitrogen and oxygen atoms in total. The van der Waals surface area contributed by atoms with Crippen molar-refractivity contribution in [2.75, 3.05) is 26.2 Å². The van der Waals surface area contributed by atoms with Crippen molar-refractivity contribution in [2.24, 2.45) is 11.8 Å². The van der Waals surface area contributed by atoms with Gasteiger partial charge in [0.2, 0.25) is 5.91 Å². The monoisotopic (exact) mass is 476 g/mol. The number of rotatable bonds is 11. The summed E-state index contributed by atoms with van der Waals surface area (Å²) in [6, 6.07) is 16.3. The van der Waals surface area contributed by atoms with Crippen LogP contribution in [0.1, 0.15) is 43.7 Å². The van der Waals surface area contributed by atoms with Crippen molar-refractivity contribution in [3.8, 4) is 23.5 Å². The molecule has 0 saturated carbocycles. The first-order valence-corrected chi connectivity index (χ1v) is 11.8. The van der Waals surface area contributed by atoms with E-state index in [-0.39, 0.29) is 49.8 Å². The highest BCUT2D eigenvalue weighted by Gasteiger charge is 2.29. The Hall–Kier alpha value is -3.79. The number of carbonyl (C=O) groups is 3. The second-order valence-electron chi connectivity index (χ2n) is 9.25. The Morgan fingerprint density at radius 3 is 2.23 bits per heavy atom. The number of hydrogen-bond donors (Lipinski definition) is 2. The molecule has 2 N–H and O–H groups in total. The number of nitrogens with zero attached hydrogens (tertiary/aromatic N) is 1. The highest BCUT2D eigenvalue weighted by molar-refractivity contribution is 5.82. The van der Waals surface area contributed by atoms with Crippen LogP contribution < -0.4 is 5.32 Å². The molecule has 7 heteroatoms. The van der Waals surface area contributed by atoms with Gasteiger partial charge in [-0.1, -0.05) is 68.3 Å². The third kappa shape index (κ3) is 6.86. The van der Waals surface area contributed by atoms with Gasteiger partial charge in [0.25, 0.3) is 0 Å². The number of aliphatic carboxylic acids is 1. The summed E-state index contributed by atoms with van der Waals surface area (Å²) in [5, 5.41) is 11.8. The van der Waals surface area contributed by atoms with Crippen LogP contribution in [0.2, 0.25) is 0 Å². The van der Waals surface area contributed by atoms with E-state index in [4.69, 9.17) is 16.3 Å². The van der Waals surface area contributed by atoms with E-state index < -0.39 is 18.6 Å². The van der Waals surface area contributed by atoms with Crippen LogP contribution in [0.25, 0.3) is 11.1 Å². The standard InChI is InChI=1S/C28H32N2O5/c1-4-13-30(17-27(32)33)26(31)15-20(14-19(2)3)16-29-28(34)35-18-25-23-11-7-5-9-21(23)22-10-6-8-12-24(22)25/h1,5-12,19-20,25H,13-18H2,2-3H3,(H,29,34)(H,32,33). The molecule has 184 valence electrons. The van der Waals surface area contributed by atoms with Crippen molar-refractivity contribution in [3.63, 3.8) is 0 Å².